The molecule has 6 nitrogen and oxygen atoms in total. The number of carbonyl (C=O) groups is 2. The Bertz CT molecular complexity index is 1170. The Morgan fingerprint density at radius 3 is 2.32 bits per heavy atom. The second-order valence-electron chi connectivity index (χ2n) is 8.37. The number of benzene rings is 2. The van der Waals surface area contributed by atoms with E-state index in [9.17, 15) is 19.1 Å². The van der Waals surface area contributed by atoms with Gasteiger partial charge in [-0.2, -0.15) is 0 Å². The van der Waals surface area contributed by atoms with Gasteiger partial charge in [0, 0.05) is 17.0 Å². The fourth-order valence-electron chi connectivity index (χ4n) is 3.47. The highest BCUT2D eigenvalue weighted by Crippen LogP contribution is 2.37. The van der Waals surface area contributed by atoms with E-state index in [1.54, 1.807) is 36.4 Å². The number of hydrogen-bond acceptors (Lipinski definition) is 5. The Kier molecular flexibility index (Phi) is 4.97. The average molecular weight is 420 g/mol. The molecule has 0 spiro atoms. The number of nitrogens with zero attached hydrogens (tertiary/aromatic N) is 2. The lowest BCUT2D eigenvalue weighted by molar-refractivity contribution is -0.113. The first-order valence-corrected chi connectivity index (χ1v) is 9.77. The minimum atomic E-state index is -1.31. The smallest absolute Gasteiger partial charge is 0.264 e. The highest BCUT2D eigenvalue weighted by atomic mass is 19.1. The van der Waals surface area contributed by atoms with Gasteiger partial charge in [0.2, 0.25) is 0 Å². The van der Waals surface area contributed by atoms with Crippen molar-refractivity contribution in [3.05, 3.63) is 89.1 Å². The largest absolute Gasteiger partial charge is 0.509 e. The van der Waals surface area contributed by atoms with E-state index in [-0.39, 0.29) is 16.8 Å². The molecule has 0 bridgehead atoms. The SMILES string of the molecule is CC(C)(C)c1cc(N2C(=O)C(c3ccc(F)cc3)=C(O)[C@@H]2C(=O)c2ccccc2)no1. The summed E-state index contributed by atoms with van der Waals surface area (Å²) in [5.74, 6) is -1.33. The van der Waals surface area contributed by atoms with E-state index < -0.39 is 29.3 Å². The summed E-state index contributed by atoms with van der Waals surface area (Å²) in [6.07, 6.45) is 0. The van der Waals surface area contributed by atoms with E-state index in [1.165, 1.54) is 24.3 Å². The molecule has 2 heterocycles. The summed E-state index contributed by atoms with van der Waals surface area (Å²) in [6, 6.07) is 13.8. The maximum Gasteiger partial charge on any atom is 0.264 e. The van der Waals surface area contributed by atoms with Gasteiger partial charge in [0.05, 0.1) is 5.57 Å². The first-order chi connectivity index (χ1) is 14.7. The first-order valence-electron chi connectivity index (χ1n) is 9.77. The molecule has 1 aliphatic heterocycles. The van der Waals surface area contributed by atoms with Gasteiger partial charge in [0.1, 0.15) is 17.3 Å². The maximum absolute atomic E-state index is 13.4. The van der Waals surface area contributed by atoms with Crippen LogP contribution in [-0.4, -0.2) is 28.0 Å². The number of rotatable bonds is 4. The summed E-state index contributed by atoms with van der Waals surface area (Å²) in [6.45, 7) is 5.78. The standard InChI is InChI=1S/C24H21FN2O4/c1-24(2,3)17-13-18(26-31-17)27-20(21(28)15-7-5-4-6-8-15)22(29)19(23(27)30)14-9-11-16(25)12-10-14/h4-13,20,29H,1-3H3/t20-/m0/s1. The van der Waals surface area contributed by atoms with Crippen LogP contribution in [-0.2, 0) is 10.2 Å². The summed E-state index contributed by atoms with van der Waals surface area (Å²) in [7, 11) is 0. The number of aliphatic hydroxyl groups is 1. The fraction of sp³-hybridized carbons (Fsp3) is 0.208. The number of aromatic nitrogens is 1. The van der Waals surface area contributed by atoms with Crippen molar-refractivity contribution in [2.45, 2.75) is 32.2 Å². The molecular formula is C24H21FN2O4. The highest BCUT2D eigenvalue weighted by Gasteiger charge is 2.46. The number of ketones is 1. The Labute approximate surface area is 178 Å². The third-order valence-corrected chi connectivity index (χ3v) is 5.13. The van der Waals surface area contributed by atoms with Gasteiger partial charge in [0.25, 0.3) is 5.91 Å². The van der Waals surface area contributed by atoms with Crippen molar-refractivity contribution in [2.24, 2.45) is 0 Å². The normalized spacial score (nSPS) is 16.8. The summed E-state index contributed by atoms with van der Waals surface area (Å²) >= 11 is 0. The fourth-order valence-corrected chi connectivity index (χ4v) is 3.47. The zero-order valence-electron chi connectivity index (χ0n) is 17.3. The molecule has 0 fully saturated rings. The van der Waals surface area contributed by atoms with E-state index in [0.29, 0.717) is 16.9 Å². The van der Waals surface area contributed by atoms with Crippen molar-refractivity contribution < 1.29 is 23.6 Å². The van der Waals surface area contributed by atoms with E-state index in [2.05, 4.69) is 5.16 Å². The number of anilines is 1. The Balaban J connectivity index is 1.84. The quantitative estimate of drug-likeness (QED) is 0.620. The molecule has 3 aromatic rings. The molecule has 0 saturated carbocycles. The lowest BCUT2D eigenvalue weighted by Gasteiger charge is -2.21. The third kappa shape index (κ3) is 3.63. The molecule has 4 rings (SSSR count). The van der Waals surface area contributed by atoms with Crippen molar-refractivity contribution >= 4 is 23.1 Å². The zero-order chi connectivity index (χ0) is 22.3. The van der Waals surface area contributed by atoms with Crippen molar-refractivity contribution in [1.82, 2.24) is 5.16 Å². The number of hydrogen-bond donors (Lipinski definition) is 1. The summed E-state index contributed by atoms with van der Waals surface area (Å²) in [4.78, 5) is 27.8. The number of amides is 1. The van der Waals surface area contributed by atoms with Crippen LogP contribution in [0.3, 0.4) is 0 Å². The van der Waals surface area contributed by atoms with Crippen LogP contribution in [0.15, 0.2) is 70.9 Å². The summed E-state index contributed by atoms with van der Waals surface area (Å²) in [5.41, 5.74) is 0.186. The molecule has 0 radical (unpaired) electrons. The van der Waals surface area contributed by atoms with Gasteiger partial charge in [-0.1, -0.05) is 68.4 Å². The number of aliphatic hydroxyl groups excluding tert-OH is 1. The molecule has 1 N–H and O–H groups in total. The summed E-state index contributed by atoms with van der Waals surface area (Å²) in [5, 5.41) is 15.0. The predicted octanol–water partition coefficient (Wildman–Crippen LogP) is 4.68. The minimum absolute atomic E-state index is 0.0745. The second-order valence-corrected chi connectivity index (χ2v) is 8.37. The third-order valence-electron chi connectivity index (χ3n) is 5.13. The van der Waals surface area contributed by atoms with Gasteiger partial charge < -0.3 is 9.63 Å². The average Bonchev–Trinajstić information content (AvgIpc) is 3.32. The summed E-state index contributed by atoms with van der Waals surface area (Å²) < 4.78 is 18.8. The Morgan fingerprint density at radius 2 is 1.74 bits per heavy atom. The van der Waals surface area contributed by atoms with Crippen LogP contribution in [0.1, 0.15) is 42.5 Å². The van der Waals surface area contributed by atoms with E-state index in [0.717, 1.165) is 4.90 Å². The molecule has 7 heteroatoms. The van der Waals surface area contributed by atoms with E-state index in [4.69, 9.17) is 4.52 Å². The molecule has 158 valence electrons. The number of Topliss-reactive ketones (excluding diaryl/α,β-unsaturated/α-hetero) is 1. The van der Waals surface area contributed by atoms with Crippen molar-refractivity contribution in [3.8, 4) is 0 Å². The maximum atomic E-state index is 13.4. The van der Waals surface area contributed by atoms with E-state index in [1.807, 2.05) is 20.8 Å². The molecule has 31 heavy (non-hydrogen) atoms. The van der Waals surface area contributed by atoms with Crippen molar-refractivity contribution in [3.63, 3.8) is 0 Å². The highest BCUT2D eigenvalue weighted by molar-refractivity contribution is 6.33. The molecule has 1 amide bonds. The molecule has 0 saturated heterocycles. The van der Waals surface area contributed by atoms with Crippen LogP contribution in [0.4, 0.5) is 10.2 Å². The molecule has 1 atom stereocenters. The van der Waals surface area contributed by atoms with Crippen LogP contribution in [0.2, 0.25) is 0 Å². The number of carbonyl (C=O) groups excluding carboxylic acids is 2. The predicted molar refractivity (Wildman–Crippen MR) is 113 cm³/mol. The van der Waals surface area contributed by atoms with Crippen LogP contribution < -0.4 is 4.90 Å². The second kappa shape index (κ2) is 7.50. The van der Waals surface area contributed by atoms with Crippen LogP contribution in [0.5, 0.6) is 0 Å². The van der Waals surface area contributed by atoms with Gasteiger partial charge in [0.15, 0.2) is 17.6 Å². The van der Waals surface area contributed by atoms with Gasteiger partial charge in [-0.05, 0) is 17.7 Å². The molecular weight excluding hydrogens is 399 g/mol. The minimum Gasteiger partial charge on any atom is -0.509 e. The molecule has 0 unspecified atom stereocenters. The Morgan fingerprint density at radius 1 is 1.10 bits per heavy atom. The molecule has 2 aromatic carbocycles. The van der Waals surface area contributed by atoms with Crippen molar-refractivity contribution in [1.29, 1.82) is 0 Å². The van der Waals surface area contributed by atoms with Gasteiger partial charge in [-0.15, -0.1) is 0 Å². The topological polar surface area (TPSA) is 83.6 Å². The monoisotopic (exact) mass is 420 g/mol. The van der Waals surface area contributed by atoms with E-state index >= 15 is 0 Å². The molecule has 0 aliphatic carbocycles. The lowest BCUT2D eigenvalue weighted by atomic mass is 9.93. The van der Waals surface area contributed by atoms with Crippen LogP contribution >= 0.6 is 0 Å². The van der Waals surface area contributed by atoms with Crippen molar-refractivity contribution in [2.75, 3.05) is 4.90 Å². The van der Waals surface area contributed by atoms with Gasteiger partial charge in [-0.3, -0.25) is 14.5 Å². The van der Waals surface area contributed by atoms with Gasteiger partial charge in [-0.25, -0.2) is 4.39 Å². The molecule has 1 aromatic heterocycles. The Hall–Kier alpha value is -3.74. The lowest BCUT2D eigenvalue weighted by Crippen LogP contribution is -2.41. The number of halogens is 1. The zero-order valence-corrected chi connectivity index (χ0v) is 17.3. The first kappa shape index (κ1) is 20.5. The molecule has 1 aliphatic rings. The van der Waals surface area contributed by atoms with Crippen LogP contribution in [0, 0.1) is 5.82 Å². The van der Waals surface area contributed by atoms with Gasteiger partial charge >= 0.3 is 0 Å². The van der Waals surface area contributed by atoms with Crippen LogP contribution in [0.25, 0.3) is 5.57 Å².